The van der Waals surface area contributed by atoms with Gasteiger partial charge >= 0.3 is 0 Å². The van der Waals surface area contributed by atoms with E-state index in [2.05, 4.69) is 5.32 Å². The van der Waals surface area contributed by atoms with Crippen molar-refractivity contribution in [1.82, 2.24) is 5.32 Å². The highest BCUT2D eigenvalue weighted by Gasteiger charge is 2.09. The van der Waals surface area contributed by atoms with Gasteiger partial charge in [0.1, 0.15) is 11.5 Å². The number of fused-ring (bicyclic) bond motifs is 1. The van der Waals surface area contributed by atoms with E-state index in [1.165, 1.54) is 6.07 Å². The monoisotopic (exact) mass is 231 g/mol. The molecule has 0 spiro atoms. The molecule has 0 atom stereocenters. The molecule has 0 radical (unpaired) electrons. The van der Waals surface area contributed by atoms with Crippen molar-refractivity contribution < 1.29 is 14.6 Å². The number of ether oxygens (including phenoxy) is 1. The first-order valence-corrected chi connectivity index (χ1v) is 5.18. The molecule has 2 aromatic rings. The van der Waals surface area contributed by atoms with Gasteiger partial charge in [-0.15, -0.1) is 0 Å². The smallest absolute Gasteiger partial charge is 0.251 e. The Morgan fingerprint density at radius 1 is 1.29 bits per heavy atom. The van der Waals surface area contributed by atoms with Crippen LogP contribution >= 0.6 is 0 Å². The molecule has 88 valence electrons. The molecule has 0 aromatic heterocycles. The lowest BCUT2D eigenvalue weighted by Crippen LogP contribution is -2.17. The third-order valence-electron chi connectivity index (χ3n) is 2.63. The maximum atomic E-state index is 11.5. The summed E-state index contributed by atoms with van der Waals surface area (Å²) in [5.74, 6) is 0.541. The molecule has 0 unspecified atom stereocenters. The minimum absolute atomic E-state index is 0.0868. The first kappa shape index (κ1) is 11.3. The topological polar surface area (TPSA) is 58.6 Å². The summed E-state index contributed by atoms with van der Waals surface area (Å²) in [6.45, 7) is 0. The van der Waals surface area contributed by atoms with Crippen molar-refractivity contribution in [2.75, 3.05) is 14.2 Å². The summed E-state index contributed by atoms with van der Waals surface area (Å²) >= 11 is 0. The second-order valence-corrected chi connectivity index (χ2v) is 3.66. The van der Waals surface area contributed by atoms with Gasteiger partial charge in [0, 0.05) is 18.0 Å². The molecule has 0 saturated carbocycles. The zero-order valence-electron chi connectivity index (χ0n) is 9.65. The van der Waals surface area contributed by atoms with Crippen LogP contribution < -0.4 is 10.1 Å². The lowest BCUT2D eigenvalue weighted by atomic mass is 10.0. The Morgan fingerprint density at radius 2 is 2.06 bits per heavy atom. The number of rotatable bonds is 2. The number of amides is 1. The maximum absolute atomic E-state index is 11.5. The van der Waals surface area contributed by atoms with Gasteiger partial charge in [-0.2, -0.15) is 0 Å². The highest BCUT2D eigenvalue weighted by atomic mass is 16.5. The van der Waals surface area contributed by atoms with E-state index >= 15 is 0 Å². The number of phenolic OH excluding ortho intramolecular Hbond substituents is 1. The number of aromatic hydroxyl groups is 1. The molecule has 1 amide bonds. The summed E-state index contributed by atoms with van der Waals surface area (Å²) in [4.78, 5) is 11.5. The molecule has 0 saturated heterocycles. The van der Waals surface area contributed by atoms with Gasteiger partial charge in [-0.05, 0) is 35.7 Å². The van der Waals surface area contributed by atoms with Crippen molar-refractivity contribution in [3.8, 4) is 11.5 Å². The third kappa shape index (κ3) is 2.01. The van der Waals surface area contributed by atoms with E-state index in [0.29, 0.717) is 16.7 Å². The summed E-state index contributed by atoms with van der Waals surface area (Å²) in [5, 5.41) is 13.8. The fourth-order valence-corrected chi connectivity index (χ4v) is 1.73. The number of methoxy groups -OCH3 is 1. The van der Waals surface area contributed by atoms with E-state index in [1.807, 2.05) is 0 Å². The van der Waals surface area contributed by atoms with Gasteiger partial charge in [0.2, 0.25) is 0 Å². The van der Waals surface area contributed by atoms with E-state index in [9.17, 15) is 9.90 Å². The normalized spacial score (nSPS) is 10.2. The van der Waals surface area contributed by atoms with Crippen LogP contribution in [0.5, 0.6) is 11.5 Å². The van der Waals surface area contributed by atoms with E-state index in [4.69, 9.17) is 4.74 Å². The van der Waals surface area contributed by atoms with Crippen LogP contribution in [0, 0.1) is 0 Å². The molecule has 17 heavy (non-hydrogen) atoms. The molecule has 0 aliphatic carbocycles. The SMILES string of the molecule is CNC(=O)c1cc(O)c2ccc(OC)cc2c1. The Kier molecular flexibility index (Phi) is 2.87. The molecular weight excluding hydrogens is 218 g/mol. The molecule has 0 fully saturated rings. The van der Waals surface area contributed by atoms with Gasteiger partial charge in [0.15, 0.2) is 0 Å². The molecule has 2 N–H and O–H groups in total. The summed E-state index contributed by atoms with van der Waals surface area (Å²) in [6, 6.07) is 8.48. The number of benzene rings is 2. The van der Waals surface area contributed by atoms with Crippen LogP contribution in [-0.2, 0) is 0 Å². The molecule has 0 aliphatic rings. The second-order valence-electron chi connectivity index (χ2n) is 3.66. The fourth-order valence-electron chi connectivity index (χ4n) is 1.73. The maximum Gasteiger partial charge on any atom is 0.251 e. The number of hydrogen-bond donors (Lipinski definition) is 2. The van der Waals surface area contributed by atoms with Crippen LogP contribution in [0.1, 0.15) is 10.4 Å². The first-order chi connectivity index (χ1) is 8.15. The molecule has 0 heterocycles. The predicted molar refractivity (Wildman–Crippen MR) is 65.6 cm³/mol. The second kappa shape index (κ2) is 4.33. The van der Waals surface area contributed by atoms with E-state index in [1.54, 1.807) is 38.4 Å². The molecule has 4 heteroatoms. The molecule has 0 aliphatic heterocycles. The zero-order valence-corrected chi connectivity index (χ0v) is 9.65. The molecule has 0 bridgehead atoms. The largest absolute Gasteiger partial charge is 0.507 e. The van der Waals surface area contributed by atoms with Crippen LogP contribution in [0.25, 0.3) is 10.8 Å². The van der Waals surface area contributed by atoms with Gasteiger partial charge in [-0.1, -0.05) is 0 Å². The van der Waals surface area contributed by atoms with Gasteiger partial charge < -0.3 is 15.2 Å². The molecular formula is C13H13NO3. The quantitative estimate of drug-likeness (QED) is 0.830. The van der Waals surface area contributed by atoms with Gasteiger partial charge in [-0.3, -0.25) is 4.79 Å². The van der Waals surface area contributed by atoms with Crippen molar-refractivity contribution >= 4 is 16.7 Å². The van der Waals surface area contributed by atoms with Crippen LogP contribution in [0.15, 0.2) is 30.3 Å². The van der Waals surface area contributed by atoms with Gasteiger partial charge in [-0.25, -0.2) is 0 Å². The summed E-state index contributed by atoms with van der Waals surface area (Å²) in [6.07, 6.45) is 0. The number of hydrogen-bond acceptors (Lipinski definition) is 3. The number of phenols is 1. The van der Waals surface area contributed by atoms with Gasteiger partial charge in [0.25, 0.3) is 5.91 Å². The van der Waals surface area contributed by atoms with Crippen molar-refractivity contribution in [2.45, 2.75) is 0 Å². The lowest BCUT2D eigenvalue weighted by molar-refractivity contribution is 0.0963. The van der Waals surface area contributed by atoms with Crippen LogP contribution in [0.2, 0.25) is 0 Å². The Morgan fingerprint density at radius 3 is 2.71 bits per heavy atom. The third-order valence-corrected chi connectivity index (χ3v) is 2.63. The minimum atomic E-state index is -0.231. The highest BCUT2D eigenvalue weighted by Crippen LogP contribution is 2.29. The van der Waals surface area contributed by atoms with Crippen LogP contribution in [-0.4, -0.2) is 25.2 Å². The zero-order chi connectivity index (χ0) is 12.4. The average Bonchev–Trinajstić information content (AvgIpc) is 2.36. The first-order valence-electron chi connectivity index (χ1n) is 5.18. The lowest BCUT2D eigenvalue weighted by Gasteiger charge is -2.07. The Balaban J connectivity index is 2.65. The van der Waals surface area contributed by atoms with E-state index in [-0.39, 0.29) is 11.7 Å². The minimum Gasteiger partial charge on any atom is -0.507 e. The van der Waals surface area contributed by atoms with E-state index < -0.39 is 0 Å². The Hall–Kier alpha value is -2.23. The van der Waals surface area contributed by atoms with Crippen molar-refractivity contribution in [3.05, 3.63) is 35.9 Å². The number of nitrogens with one attached hydrogen (secondary N) is 1. The molecule has 4 nitrogen and oxygen atoms in total. The standard InChI is InChI=1S/C13H13NO3/c1-14-13(16)9-5-8-6-10(17-2)3-4-11(8)12(15)7-9/h3-7,15H,1-2H3,(H,14,16). The predicted octanol–water partition coefficient (Wildman–Crippen LogP) is 1.91. The van der Waals surface area contributed by atoms with Crippen LogP contribution in [0.4, 0.5) is 0 Å². The summed E-state index contributed by atoms with van der Waals surface area (Å²) < 4.78 is 5.11. The van der Waals surface area contributed by atoms with Gasteiger partial charge in [0.05, 0.1) is 7.11 Å². The number of carbonyl (C=O) groups is 1. The van der Waals surface area contributed by atoms with Crippen LogP contribution in [0.3, 0.4) is 0 Å². The Bertz CT molecular complexity index is 578. The van der Waals surface area contributed by atoms with E-state index in [0.717, 1.165) is 5.39 Å². The fraction of sp³-hybridized carbons (Fsp3) is 0.154. The van der Waals surface area contributed by atoms with Crippen molar-refractivity contribution in [3.63, 3.8) is 0 Å². The van der Waals surface area contributed by atoms with Crippen molar-refractivity contribution in [1.29, 1.82) is 0 Å². The highest BCUT2D eigenvalue weighted by molar-refractivity contribution is 6.00. The number of carbonyl (C=O) groups excluding carboxylic acids is 1. The molecule has 2 rings (SSSR count). The van der Waals surface area contributed by atoms with Crippen molar-refractivity contribution in [2.24, 2.45) is 0 Å². The summed E-state index contributed by atoms with van der Waals surface area (Å²) in [7, 11) is 3.12. The Labute approximate surface area is 98.8 Å². The average molecular weight is 231 g/mol. The summed E-state index contributed by atoms with van der Waals surface area (Å²) in [5.41, 5.74) is 0.422. The molecule has 2 aromatic carbocycles.